The summed E-state index contributed by atoms with van der Waals surface area (Å²) >= 11 is 11.9. The lowest BCUT2D eigenvalue weighted by atomic mass is 10.3. The second-order valence-corrected chi connectivity index (χ2v) is 7.74. The third-order valence-electron chi connectivity index (χ3n) is 3.06. The number of rotatable bonds is 6. The maximum atomic E-state index is 12.0. The minimum Gasteiger partial charge on any atom is -0.350 e. The molecule has 0 aliphatic heterocycles. The summed E-state index contributed by atoms with van der Waals surface area (Å²) in [6, 6.07) is 7.77. The molecule has 6 nitrogen and oxygen atoms in total. The van der Waals surface area contributed by atoms with Gasteiger partial charge in [0.25, 0.3) is 5.91 Å². The monoisotopic (exact) mass is 387 g/mol. The predicted octanol–water partition coefficient (Wildman–Crippen LogP) is 2.58. The van der Waals surface area contributed by atoms with Gasteiger partial charge in [0.05, 0.1) is 24.1 Å². The highest BCUT2D eigenvalue weighted by atomic mass is 35.5. The topological polar surface area (TPSA) is 79.4 Å². The van der Waals surface area contributed by atoms with Crippen LogP contribution in [0.4, 0.5) is 5.69 Å². The summed E-state index contributed by atoms with van der Waals surface area (Å²) in [4.78, 5) is 15.8. The van der Waals surface area contributed by atoms with Crippen LogP contribution in [-0.4, -0.2) is 38.7 Å². The molecule has 0 bridgehead atoms. The van der Waals surface area contributed by atoms with Crippen LogP contribution >= 0.6 is 23.2 Å². The van der Waals surface area contributed by atoms with E-state index in [1.165, 1.54) is 24.4 Å². The number of anilines is 1. The van der Waals surface area contributed by atoms with Crippen molar-refractivity contribution in [3.05, 3.63) is 58.3 Å². The Morgan fingerprint density at radius 1 is 1.25 bits per heavy atom. The molecule has 1 aromatic heterocycles. The Hall–Kier alpha value is -1.83. The van der Waals surface area contributed by atoms with Crippen molar-refractivity contribution in [3.63, 3.8) is 0 Å². The maximum Gasteiger partial charge on any atom is 0.252 e. The fourth-order valence-corrected chi connectivity index (χ4v) is 3.47. The molecule has 1 N–H and O–H groups in total. The van der Waals surface area contributed by atoms with Crippen LogP contribution in [-0.2, 0) is 10.0 Å². The van der Waals surface area contributed by atoms with E-state index >= 15 is 0 Å². The van der Waals surface area contributed by atoms with Crippen LogP contribution in [0.5, 0.6) is 0 Å². The summed E-state index contributed by atoms with van der Waals surface area (Å²) in [6.07, 6.45) is 4.07. The van der Waals surface area contributed by atoms with Gasteiger partial charge in [0, 0.05) is 29.0 Å². The van der Waals surface area contributed by atoms with Gasteiger partial charge in [0.2, 0.25) is 10.0 Å². The number of hydrogen-bond donors (Lipinski definition) is 1. The largest absolute Gasteiger partial charge is 0.350 e. The van der Waals surface area contributed by atoms with Gasteiger partial charge < -0.3 is 5.32 Å². The Bertz CT molecular complexity index is 809. The number of halogens is 2. The van der Waals surface area contributed by atoms with Gasteiger partial charge in [-0.2, -0.15) is 0 Å². The number of nitrogens with zero attached hydrogens (tertiary/aromatic N) is 2. The van der Waals surface area contributed by atoms with Gasteiger partial charge in [-0.3, -0.25) is 14.1 Å². The number of sulfonamides is 1. The summed E-state index contributed by atoms with van der Waals surface area (Å²) < 4.78 is 25.2. The molecule has 1 amide bonds. The van der Waals surface area contributed by atoms with Crippen LogP contribution in [0, 0.1) is 0 Å². The molecule has 0 fully saturated rings. The molecule has 0 saturated carbocycles. The van der Waals surface area contributed by atoms with Gasteiger partial charge >= 0.3 is 0 Å². The number of nitrogens with one attached hydrogen (secondary N) is 1. The average molecular weight is 388 g/mol. The Kier molecular flexibility index (Phi) is 6.04. The zero-order valence-corrected chi connectivity index (χ0v) is 15.1. The highest BCUT2D eigenvalue weighted by Gasteiger charge is 2.18. The lowest BCUT2D eigenvalue weighted by Gasteiger charge is -2.23. The molecule has 2 rings (SSSR count). The van der Waals surface area contributed by atoms with E-state index < -0.39 is 10.0 Å². The second kappa shape index (κ2) is 7.83. The van der Waals surface area contributed by atoms with Crippen LogP contribution in [0.1, 0.15) is 10.4 Å². The first-order chi connectivity index (χ1) is 11.3. The molecule has 9 heteroatoms. The van der Waals surface area contributed by atoms with Gasteiger partial charge in [-0.25, -0.2) is 8.42 Å². The van der Waals surface area contributed by atoms with Crippen molar-refractivity contribution in [1.29, 1.82) is 0 Å². The van der Waals surface area contributed by atoms with Crippen LogP contribution in [0.3, 0.4) is 0 Å². The SMILES string of the molecule is CS(=O)(=O)N(CCNC(=O)c1cccnc1)c1cc(Cl)cc(Cl)c1. The van der Waals surface area contributed by atoms with Gasteiger partial charge in [-0.15, -0.1) is 0 Å². The highest BCUT2D eigenvalue weighted by molar-refractivity contribution is 7.92. The van der Waals surface area contributed by atoms with E-state index in [1.807, 2.05) is 0 Å². The third-order valence-corrected chi connectivity index (χ3v) is 4.69. The minimum atomic E-state index is -3.56. The van der Waals surface area contributed by atoms with Gasteiger partial charge in [0.1, 0.15) is 0 Å². The van der Waals surface area contributed by atoms with Gasteiger partial charge in [-0.05, 0) is 30.3 Å². The number of pyridine rings is 1. The molecule has 24 heavy (non-hydrogen) atoms. The molecule has 0 aliphatic carbocycles. The molecule has 0 unspecified atom stereocenters. The number of hydrogen-bond acceptors (Lipinski definition) is 4. The number of aromatic nitrogens is 1. The van der Waals surface area contributed by atoms with Crippen molar-refractivity contribution in [2.24, 2.45) is 0 Å². The third kappa shape index (κ3) is 5.09. The van der Waals surface area contributed by atoms with E-state index in [2.05, 4.69) is 10.3 Å². The zero-order chi connectivity index (χ0) is 17.7. The van der Waals surface area contributed by atoms with Crippen molar-refractivity contribution in [1.82, 2.24) is 10.3 Å². The summed E-state index contributed by atoms with van der Waals surface area (Å²) in [6.45, 7) is 0.159. The summed E-state index contributed by atoms with van der Waals surface area (Å²) in [5.74, 6) is -0.333. The molecule has 0 atom stereocenters. The van der Waals surface area contributed by atoms with Gasteiger partial charge in [0.15, 0.2) is 0 Å². The summed E-state index contributed by atoms with van der Waals surface area (Å²) in [5.41, 5.74) is 0.736. The molecule has 0 saturated heterocycles. The van der Waals surface area contributed by atoms with E-state index in [0.29, 0.717) is 21.3 Å². The lowest BCUT2D eigenvalue weighted by Crippen LogP contribution is -2.38. The van der Waals surface area contributed by atoms with E-state index in [4.69, 9.17) is 23.2 Å². The molecule has 1 aromatic carbocycles. The minimum absolute atomic E-state index is 0.0432. The van der Waals surface area contributed by atoms with Crippen molar-refractivity contribution in [3.8, 4) is 0 Å². The normalized spacial score (nSPS) is 11.1. The van der Waals surface area contributed by atoms with Crippen LogP contribution in [0.2, 0.25) is 10.0 Å². The number of carbonyl (C=O) groups excluding carboxylic acids is 1. The van der Waals surface area contributed by atoms with Gasteiger partial charge in [-0.1, -0.05) is 23.2 Å². The molecular weight excluding hydrogens is 373 g/mol. The van der Waals surface area contributed by atoms with E-state index in [-0.39, 0.29) is 19.0 Å². The first-order valence-electron chi connectivity index (χ1n) is 6.89. The van der Waals surface area contributed by atoms with Crippen LogP contribution in [0.25, 0.3) is 0 Å². The van der Waals surface area contributed by atoms with E-state index in [1.54, 1.807) is 18.3 Å². The molecule has 0 spiro atoms. The molecule has 0 aliphatic rings. The second-order valence-electron chi connectivity index (χ2n) is 4.96. The van der Waals surface area contributed by atoms with E-state index in [0.717, 1.165) is 10.6 Å². The van der Waals surface area contributed by atoms with Crippen molar-refractivity contribution in [2.45, 2.75) is 0 Å². The first-order valence-corrected chi connectivity index (χ1v) is 9.50. The number of benzene rings is 1. The molecule has 0 radical (unpaired) electrons. The Labute approximate surface area is 150 Å². The molecule has 128 valence electrons. The smallest absolute Gasteiger partial charge is 0.252 e. The van der Waals surface area contributed by atoms with Crippen molar-refractivity contribution in [2.75, 3.05) is 23.7 Å². The Balaban J connectivity index is 2.09. The molecule has 2 aromatic rings. The van der Waals surface area contributed by atoms with Crippen molar-refractivity contribution < 1.29 is 13.2 Å². The standard InChI is InChI=1S/C15H15Cl2N3O3S/c1-24(22,23)20(14-8-12(16)7-13(17)9-14)6-5-19-15(21)11-3-2-4-18-10-11/h2-4,7-10H,5-6H2,1H3,(H,19,21). The zero-order valence-electron chi connectivity index (χ0n) is 12.7. The summed E-state index contributed by atoms with van der Waals surface area (Å²) in [7, 11) is -3.56. The first kappa shape index (κ1) is 18.5. The van der Waals surface area contributed by atoms with E-state index in [9.17, 15) is 13.2 Å². The Morgan fingerprint density at radius 3 is 2.46 bits per heavy atom. The average Bonchev–Trinajstić information content (AvgIpc) is 2.50. The fraction of sp³-hybridized carbons (Fsp3) is 0.200. The summed E-state index contributed by atoms with van der Waals surface area (Å²) in [5, 5.41) is 3.30. The highest BCUT2D eigenvalue weighted by Crippen LogP contribution is 2.26. The fourth-order valence-electron chi connectivity index (χ4n) is 2.04. The van der Waals surface area contributed by atoms with Crippen LogP contribution < -0.4 is 9.62 Å². The molecular formula is C15H15Cl2N3O3S. The van der Waals surface area contributed by atoms with Crippen LogP contribution in [0.15, 0.2) is 42.7 Å². The van der Waals surface area contributed by atoms with Crippen molar-refractivity contribution >= 4 is 44.8 Å². The predicted molar refractivity (Wildman–Crippen MR) is 95.2 cm³/mol. The quantitative estimate of drug-likeness (QED) is 0.825. The Morgan fingerprint density at radius 2 is 1.92 bits per heavy atom. The number of amides is 1. The maximum absolute atomic E-state index is 12.0. The molecule has 1 heterocycles. The number of carbonyl (C=O) groups is 1. The lowest BCUT2D eigenvalue weighted by molar-refractivity contribution is 0.0954.